The molecule has 202 valence electrons. The second kappa shape index (κ2) is 9.51. The van der Waals surface area contributed by atoms with Crippen molar-refractivity contribution in [2.75, 3.05) is 18.0 Å². The Morgan fingerprint density at radius 1 is 1.11 bits per heavy atom. The summed E-state index contributed by atoms with van der Waals surface area (Å²) in [6.07, 6.45) is -0.0213. The number of carbonyl (C=O) groups excluding carboxylic acids is 1. The largest absolute Gasteiger partial charge is 0.573 e. The van der Waals surface area contributed by atoms with Gasteiger partial charge in [0.25, 0.3) is 5.91 Å². The van der Waals surface area contributed by atoms with Gasteiger partial charge < -0.3 is 19.7 Å². The molecule has 0 atom stereocenters. The lowest BCUT2D eigenvalue weighted by atomic mass is 9.87. The Hall–Kier alpha value is -2.66. The molecule has 2 aliphatic heterocycles. The minimum Gasteiger partial charge on any atom is -0.406 e. The quantitative estimate of drug-likeness (QED) is 0.401. The number of amides is 1. The average molecular weight is 596 g/mol. The number of hydrogen-bond donors (Lipinski definition) is 1. The molecule has 2 aromatic carbocycles. The van der Waals surface area contributed by atoms with Crippen LogP contribution in [0, 0.1) is 5.82 Å². The van der Waals surface area contributed by atoms with Crippen LogP contribution in [-0.4, -0.2) is 42.8 Å². The molecule has 2 saturated carbocycles. The van der Waals surface area contributed by atoms with E-state index < -0.39 is 11.9 Å². The van der Waals surface area contributed by atoms with Crippen LogP contribution in [0.3, 0.4) is 0 Å². The van der Waals surface area contributed by atoms with Gasteiger partial charge in [0.1, 0.15) is 22.9 Å². The normalized spacial score (nSPS) is 21.0. The van der Waals surface area contributed by atoms with E-state index in [1.807, 2.05) is 6.07 Å². The Bertz CT molecular complexity index is 1300. The Balaban J connectivity index is 1.23. The topological polar surface area (TPSA) is 63.2 Å². The van der Waals surface area contributed by atoms with Crippen molar-refractivity contribution >= 4 is 33.4 Å². The first-order valence-corrected chi connectivity index (χ1v) is 13.6. The van der Waals surface area contributed by atoms with Crippen LogP contribution in [0.15, 0.2) is 39.8 Å². The van der Waals surface area contributed by atoms with Gasteiger partial charge in [-0.15, -0.1) is 13.2 Å². The molecule has 6 nitrogen and oxygen atoms in total. The van der Waals surface area contributed by atoms with E-state index >= 15 is 0 Å². The lowest BCUT2D eigenvalue weighted by Crippen LogP contribution is -2.49. The third-order valence-electron chi connectivity index (χ3n) is 7.57. The van der Waals surface area contributed by atoms with Gasteiger partial charge in [-0.1, -0.05) is 15.9 Å². The number of amidine groups is 1. The van der Waals surface area contributed by atoms with E-state index in [4.69, 9.17) is 9.73 Å². The fourth-order valence-electron chi connectivity index (χ4n) is 5.24. The van der Waals surface area contributed by atoms with E-state index in [0.29, 0.717) is 52.9 Å². The van der Waals surface area contributed by atoms with Crippen molar-refractivity contribution in [3.63, 3.8) is 0 Å². The number of aliphatic imine (C=N–C) groups is 1. The SMILES string of the molecule is O=C1NC(c2ccc(OC(F)(F)F)cc2C2CC2)=NC12CCN(c1cc(Br)cc(F)c1COC1CC1)CC2. The van der Waals surface area contributed by atoms with E-state index in [1.165, 1.54) is 18.2 Å². The number of alkyl halides is 3. The summed E-state index contributed by atoms with van der Waals surface area (Å²) in [4.78, 5) is 20.1. The highest BCUT2D eigenvalue weighted by molar-refractivity contribution is 9.10. The Morgan fingerprint density at radius 3 is 2.50 bits per heavy atom. The van der Waals surface area contributed by atoms with Gasteiger partial charge in [-0.3, -0.25) is 9.79 Å². The summed E-state index contributed by atoms with van der Waals surface area (Å²) in [5.74, 6) is -0.334. The van der Waals surface area contributed by atoms with Crippen molar-refractivity contribution in [1.29, 1.82) is 0 Å². The second-order valence-corrected chi connectivity index (χ2v) is 11.3. The Labute approximate surface area is 225 Å². The van der Waals surface area contributed by atoms with Crippen molar-refractivity contribution < 1.29 is 31.8 Å². The molecule has 1 spiro atoms. The minimum atomic E-state index is -4.78. The lowest BCUT2D eigenvalue weighted by molar-refractivity contribution is -0.274. The predicted molar refractivity (Wildman–Crippen MR) is 136 cm³/mol. The van der Waals surface area contributed by atoms with E-state index in [1.54, 1.807) is 6.07 Å². The zero-order chi connectivity index (χ0) is 26.7. The maximum absolute atomic E-state index is 14.9. The average Bonchev–Trinajstić information content (AvgIpc) is 3.77. The van der Waals surface area contributed by atoms with Crippen LogP contribution in [0.5, 0.6) is 5.75 Å². The number of rotatable bonds is 7. The molecule has 2 heterocycles. The van der Waals surface area contributed by atoms with Crippen LogP contribution in [0.4, 0.5) is 23.2 Å². The van der Waals surface area contributed by atoms with E-state index in [9.17, 15) is 22.4 Å². The molecule has 3 fully saturated rings. The summed E-state index contributed by atoms with van der Waals surface area (Å²) in [6, 6.07) is 7.50. The molecule has 1 saturated heterocycles. The molecule has 2 aromatic rings. The molecule has 1 amide bonds. The summed E-state index contributed by atoms with van der Waals surface area (Å²) in [5.41, 5.74) is 1.61. The number of benzene rings is 2. The van der Waals surface area contributed by atoms with Crippen LogP contribution >= 0.6 is 15.9 Å². The number of piperidine rings is 1. The number of ether oxygens (including phenoxy) is 2. The van der Waals surface area contributed by atoms with Crippen molar-refractivity contribution in [3.05, 3.63) is 57.3 Å². The van der Waals surface area contributed by atoms with Crippen LogP contribution in [0.1, 0.15) is 61.1 Å². The van der Waals surface area contributed by atoms with Gasteiger partial charge in [-0.2, -0.15) is 0 Å². The van der Waals surface area contributed by atoms with Gasteiger partial charge in [-0.25, -0.2) is 4.39 Å². The lowest BCUT2D eigenvalue weighted by Gasteiger charge is -2.37. The van der Waals surface area contributed by atoms with Crippen molar-refractivity contribution in [3.8, 4) is 5.75 Å². The summed E-state index contributed by atoms with van der Waals surface area (Å²) in [6.45, 7) is 1.18. The molecule has 4 aliphatic rings. The minimum absolute atomic E-state index is 0.113. The Morgan fingerprint density at radius 2 is 1.84 bits per heavy atom. The summed E-state index contributed by atoms with van der Waals surface area (Å²) >= 11 is 3.39. The number of anilines is 1. The van der Waals surface area contributed by atoms with Gasteiger partial charge in [0.05, 0.1) is 12.7 Å². The first-order chi connectivity index (χ1) is 18.1. The fraction of sp³-hybridized carbons (Fsp3) is 0.481. The monoisotopic (exact) mass is 595 g/mol. The van der Waals surface area contributed by atoms with Crippen LogP contribution in [-0.2, 0) is 16.1 Å². The molecule has 6 rings (SSSR count). The third kappa shape index (κ3) is 5.27. The van der Waals surface area contributed by atoms with Crippen LogP contribution < -0.4 is 15.0 Å². The first-order valence-electron chi connectivity index (χ1n) is 12.8. The second-order valence-electron chi connectivity index (χ2n) is 10.4. The van der Waals surface area contributed by atoms with Crippen LogP contribution in [0.25, 0.3) is 0 Å². The standard InChI is InChI=1S/C27H26BrF4N3O3/c28-16-11-22(29)21(14-37-17-3-4-17)23(12-16)35-9-7-26(8-10-35)25(36)33-24(34-26)19-6-5-18(38-27(30,31)32)13-20(19)15-1-2-15/h5-6,11-13,15,17H,1-4,7-10,14H2,(H,33,34,36). The molecule has 0 unspecified atom stereocenters. The highest BCUT2D eigenvalue weighted by Gasteiger charge is 2.47. The highest BCUT2D eigenvalue weighted by atomic mass is 79.9. The van der Waals surface area contributed by atoms with E-state index in [2.05, 4.69) is 30.9 Å². The molecule has 2 aliphatic carbocycles. The molecule has 1 N–H and O–H groups in total. The molecule has 11 heteroatoms. The summed E-state index contributed by atoms with van der Waals surface area (Å²) < 4.78 is 63.6. The van der Waals surface area contributed by atoms with Crippen molar-refractivity contribution in [1.82, 2.24) is 5.32 Å². The number of carbonyl (C=O) groups is 1. The van der Waals surface area contributed by atoms with Crippen LogP contribution in [0.2, 0.25) is 0 Å². The van der Waals surface area contributed by atoms with Gasteiger partial charge in [-0.05, 0) is 80.3 Å². The molecule has 0 radical (unpaired) electrons. The molecule has 38 heavy (non-hydrogen) atoms. The maximum Gasteiger partial charge on any atom is 0.573 e. The summed E-state index contributed by atoms with van der Waals surface area (Å²) in [7, 11) is 0. The predicted octanol–water partition coefficient (Wildman–Crippen LogP) is 5.96. The highest BCUT2D eigenvalue weighted by Crippen LogP contribution is 2.44. The van der Waals surface area contributed by atoms with Gasteiger partial charge >= 0.3 is 6.36 Å². The third-order valence-corrected chi connectivity index (χ3v) is 8.02. The number of nitrogens with one attached hydrogen (secondary N) is 1. The molecule has 0 aromatic heterocycles. The number of halogens is 5. The maximum atomic E-state index is 14.9. The number of nitrogens with zero attached hydrogens (tertiary/aromatic N) is 2. The van der Waals surface area contributed by atoms with Gasteiger partial charge in [0.2, 0.25) is 0 Å². The molecular formula is C27H26BrF4N3O3. The molecule has 0 bridgehead atoms. The molecular weight excluding hydrogens is 570 g/mol. The summed E-state index contributed by atoms with van der Waals surface area (Å²) in [5, 5.41) is 2.89. The van der Waals surface area contributed by atoms with E-state index in [0.717, 1.165) is 31.4 Å². The van der Waals surface area contributed by atoms with Gasteiger partial charge in [0.15, 0.2) is 0 Å². The zero-order valence-electron chi connectivity index (χ0n) is 20.4. The van der Waals surface area contributed by atoms with Crippen molar-refractivity contribution in [2.45, 2.75) is 69.1 Å². The van der Waals surface area contributed by atoms with Crippen molar-refractivity contribution in [2.24, 2.45) is 4.99 Å². The smallest absolute Gasteiger partial charge is 0.406 e. The fourth-order valence-corrected chi connectivity index (χ4v) is 5.65. The van der Waals surface area contributed by atoms with E-state index in [-0.39, 0.29) is 36.1 Å². The zero-order valence-corrected chi connectivity index (χ0v) is 22.0. The Kier molecular flexibility index (Phi) is 6.41. The first kappa shape index (κ1) is 25.6. The van der Waals surface area contributed by atoms with Gasteiger partial charge in [0, 0.05) is 34.4 Å². The number of hydrogen-bond acceptors (Lipinski definition) is 5.